The minimum Gasteiger partial charge on any atom is -0.359 e. The van der Waals surface area contributed by atoms with E-state index >= 15 is 0 Å². The molecule has 0 aliphatic heterocycles. The first-order valence-corrected chi connectivity index (χ1v) is 26.1. The number of carbonyl (C=O) groups excluding carboxylic acids is 11. The number of rotatable bonds is 26. The molecule has 0 aromatic carbocycles. The van der Waals surface area contributed by atoms with Gasteiger partial charge in [-0.25, -0.2) is 0 Å². The fourth-order valence-electron chi connectivity index (χ4n) is 4.22. The third kappa shape index (κ3) is 73.6. The van der Waals surface area contributed by atoms with Crippen molar-refractivity contribution >= 4 is 64.5 Å². The minimum absolute atomic E-state index is 0. The van der Waals surface area contributed by atoms with Gasteiger partial charge >= 0.3 is 0 Å². The summed E-state index contributed by atoms with van der Waals surface area (Å²) >= 11 is 0. The van der Waals surface area contributed by atoms with Crippen molar-refractivity contribution < 1.29 is 52.7 Å². The molecule has 0 aliphatic carbocycles. The van der Waals surface area contributed by atoms with Crippen molar-refractivity contribution in [3.8, 4) is 0 Å². The second-order valence-corrected chi connectivity index (χ2v) is 19.0. The second-order valence-electron chi connectivity index (χ2n) is 19.0. The summed E-state index contributed by atoms with van der Waals surface area (Å²) in [7, 11) is 3.28. The largest absolute Gasteiger partial charge is 0.359 e. The molecule has 0 radical (unpaired) electrons. The molecule has 0 unspecified atom stereocenters. The summed E-state index contributed by atoms with van der Waals surface area (Å²) in [5.41, 5.74) is 0. The van der Waals surface area contributed by atoms with E-state index in [2.05, 4.69) is 37.2 Å². The van der Waals surface area contributed by atoms with E-state index in [1.807, 2.05) is 118 Å². The lowest BCUT2D eigenvalue weighted by molar-refractivity contribution is -0.124. The predicted octanol–water partition coefficient (Wildman–Crippen LogP) is 7.48. The van der Waals surface area contributed by atoms with Crippen molar-refractivity contribution in [2.24, 2.45) is 41.4 Å². The molecule has 0 saturated heterocycles. The highest BCUT2D eigenvalue weighted by Gasteiger charge is 2.09. The maximum Gasteiger partial charge on any atom is 0.222 e. The summed E-state index contributed by atoms with van der Waals surface area (Å²) in [6.45, 7) is 37.9. The highest BCUT2D eigenvalue weighted by atomic mass is 16.2. The van der Waals surface area contributed by atoms with Crippen LogP contribution in [-0.2, 0) is 52.7 Å². The molecule has 18 heteroatoms. The topological polar surface area (TPSA) is 272 Å². The molecule has 432 valence electrons. The zero-order valence-electron chi connectivity index (χ0n) is 49.1. The summed E-state index contributed by atoms with van der Waals surface area (Å²) in [6, 6.07) is 0. The van der Waals surface area contributed by atoms with E-state index < -0.39 is 0 Å². The number of nitrogens with one attached hydrogen (secondary N) is 7. The van der Waals surface area contributed by atoms with Crippen LogP contribution in [0.15, 0.2) is 0 Å². The van der Waals surface area contributed by atoms with E-state index in [0.717, 1.165) is 32.2 Å². The van der Waals surface area contributed by atoms with E-state index in [4.69, 9.17) is 0 Å². The first-order valence-electron chi connectivity index (χ1n) is 26.1. The van der Waals surface area contributed by atoms with Gasteiger partial charge in [0.2, 0.25) is 41.4 Å². The van der Waals surface area contributed by atoms with Gasteiger partial charge in [0.1, 0.15) is 23.1 Å². The van der Waals surface area contributed by atoms with Crippen molar-refractivity contribution in [3.05, 3.63) is 0 Å². The fourth-order valence-corrected chi connectivity index (χ4v) is 4.22. The van der Waals surface area contributed by atoms with E-state index in [-0.39, 0.29) is 113 Å². The van der Waals surface area contributed by atoms with Gasteiger partial charge < -0.3 is 46.8 Å². The van der Waals surface area contributed by atoms with Crippen LogP contribution in [-0.4, -0.2) is 111 Å². The molecule has 0 rings (SSSR count). The molecule has 73 heavy (non-hydrogen) atoms. The molecular weight excluding hydrogens is 935 g/mol. The van der Waals surface area contributed by atoms with E-state index in [1.165, 1.54) is 0 Å². The average Bonchev–Trinajstić information content (AvgIpc) is 3.31. The summed E-state index contributed by atoms with van der Waals surface area (Å²) in [5, 5.41) is 18.8. The lowest BCUT2D eigenvalue weighted by atomic mass is 10.1. The normalized spacial score (nSPS) is 9.70. The first-order chi connectivity index (χ1) is 33.3. The van der Waals surface area contributed by atoms with Crippen molar-refractivity contribution in [1.82, 2.24) is 37.2 Å². The Morgan fingerprint density at radius 3 is 0.630 bits per heavy atom. The third-order valence-corrected chi connectivity index (χ3v) is 9.18. The van der Waals surface area contributed by atoms with Crippen LogP contribution >= 0.6 is 0 Å². The van der Waals surface area contributed by atoms with Crippen LogP contribution in [0.2, 0.25) is 0 Å². The zero-order valence-corrected chi connectivity index (χ0v) is 49.1. The predicted molar refractivity (Wildman–Crippen MR) is 298 cm³/mol. The first kappa shape index (κ1) is 84.8. The smallest absolute Gasteiger partial charge is 0.222 e. The van der Waals surface area contributed by atoms with Gasteiger partial charge in [0.15, 0.2) is 0 Å². The van der Waals surface area contributed by atoms with Crippen LogP contribution in [0.5, 0.6) is 0 Å². The number of carbonyl (C=O) groups is 11. The standard InChI is InChI=1S/2C10H19NO2.2C9H17NO2.C6H13NO.2C5H11NO.CH4/c2*1-4-9(12)6-5-7-11-10(13)8(2)3;2*1-7(2)9(12)10-6-4-5-8(3)11;1-4-7-6(8)5(2)3;2*1-4(2)5(7)6-3;/h2*8H,4-7H2,1-3H3,(H,11,13);2*7H,4-6H2,1-3H3,(H,10,12);5H,4H2,1-3H3,(H,7,8);2*4H,1-3H3,(H,6,7);1H4. The molecule has 18 nitrogen and oxygen atoms in total. The Labute approximate surface area is 444 Å². The molecule has 0 spiro atoms. The molecule has 0 aliphatic rings. The Kier molecular flexibility index (Phi) is 67.2. The molecule has 0 fully saturated rings. The van der Waals surface area contributed by atoms with Crippen LogP contribution in [0.1, 0.15) is 203 Å². The van der Waals surface area contributed by atoms with Gasteiger partial charge in [0.25, 0.3) is 0 Å². The zero-order chi connectivity index (χ0) is 57.9. The molecule has 7 N–H and O–H groups in total. The SMILES string of the molecule is C.CC(=O)CCCNC(=O)C(C)C.CC(=O)CCCNC(=O)C(C)C.CCC(=O)CCCNC(=O)C(C)C.CCC(=O)CCCNC(=O)C(C)C.CCNC(=O)C(C)C.CNC(=O)C(C)C.CNC(=O)C(C)C. The monoisotopic (exact) mass is 1050 g/mol. The average molecular weight is 1050 g/mol. The summed E-state index contributed by atoms with van der Waals surface area (Å²) in [4.78, 5) is 118. The van der Waals surface area contributed by atoms with Gasteiger partial charge in [0, 0.05) is 127 Å². The van der Waals surface area contributed by atoms with Gasteiger partial charge in [-0.05, 0) is 46.5 Å². The number of amides is 7. The van der Waals surface area contributed by atoms with Crippen molar-refractivity contribution in [1.29, 1.82) is 0 Å². The maximum atomic E-state index is 11.1. The maximum absolute atomic E-state index is 11.1. The molecule has 0 heterocycles. The summed E-state index contributed by atoms with van der Waals surface area (Å²) in [5.74, 6) is 1.90. The summed E-state index contributed by atoms with van der Waals surface area (Å²) < 4.78 is 0. The Bertz CT molecular complexity index is 1400. The lowest BCUT2D eigenvalue weighted by Crippen LogP contribution is -2.28. The van der Waals surface area contributed by atoms with Crippen LogP contribution in [0.3, 0.4) is 0 Å². The van der Waals surface area contributed by atoms with Crippen molar-refractivity contribution in [3.63, 3.8) is 0 Å². The Balaban J connectivity index is -0.000000114. The number of hydrogen-bond donors (Lipinski definition) is 7. The van der Waals surface area contributed by atoms with E-state index in [9.17, 15) is 52.7 Å². The molecule has 0 aromatic heterocycles. The molecule has 0 atom stereocenters. The highest BCUT2D eigenvalue weighted by Crippen LogP contribution is 1.98. The number of hydrogen-bond acceptors (Lipinski definition) is 11. The quantitative estimate of drug-likeness (QED) is 0.0417. The van der Waals surface area contributed by atoms with E-state index in [1.54, 1.807) is 27.9 Å². The Morgan fingerprint density at radius 2 is 0.507 bits per heavy atom. The summed E-state index contributed by atoms with van der Waals surface area (Å²) in [6.07, 6.45) is 6.45. The lowest BCUT2D eigenvalue weighted by Gasteiger charge is -2.06. The highest BCUT2D eigenvalue weighted by molar-refractivity contribution is 5.81. The third-order valence-electron chi connectivity index (χ3n) is 9.18. The molecule has 0 saturated carbocycles. The second kappa shape index (κ2) is 57.9. The minimum atomic E-state index is 0. The molecule has 0 aromatic rings. The van der Waals surface area contributed by atoms with Gasteiger partial charge in [-0.1, -0.05) is 118 Å². The van der Waals surface area contributed by atoms with Crippen LogP contribution in [0, 0.1) is 41.4 Å². The van der Waals surface area contributed by atoms with Crippen molar-refractivity contribution in [2.75, 3.05) is 46.8 Å². The fraction of sp³-hybridized carbons (Fsp3) is 0.800. The molecule has 0 bridgehead atoms. The molecule has 7 amide bonds. The van der Waals surface area contributed by atoms with Crippen LogP contribution < -0.4 is 37.2 Å². The van der Waals surface area contributed by atoms with Gasteiger partial charge in [-0.3, -0.25) is 43.2 Å². The number of Topliss-reactive ketones (excluding diaryl/α,β-unsaturated/α-hetero) is 4. The number of ketones is 4. The molecular formula is C55H111N7O11. The van der Waals surface area contributed by atoms with Crippen molar-refractivity contribution in [2.45, 2.75) is 203 Å². The van der Waals surface area contributed by atoms with E-state index in [0.29, 0.717) is 64.7 Å². The van der Waals surface area contributed by atoms with Gasteiger partial charge in [0.05, 0.1) is 0 Å². The van der Waals surface area contributed by atoms with Gasteiger partial charge in [-0.2, -0.15) is 0 Å². The van der Waals surface area contributed by atoms with Crippen LogP contribution in [0.4, 0.5) is 0 Å². The Morgan fingerprint density at radius 1 is 0.315 bits per heavy atom. The van der Waals surface area contributed by atoms with Gasteiger partial charge in [-0.15, -0.1) is 0 Å². The Hall–Kier alpha value is -5.03. The van der Waals surface area contributed by atoms with Crippen LogP contribution in [0.25, 0.3) is 0 Å².